The van der Waals surface area contributed by atoms with Crippen LogP contribution in [0, 0.1) is 6.92 Å². The van der Waals surface area contributed by atoms with Crippen LogP contribution in [0.1, 0.15) is 22.8 Å². The summed E-state index contributed by atoms with van der Waals surface area (Å²) in [6, 6.07) is 2.48. The Hall–Kier alpha value is -0.820. The molecule has 1 rings (SSSR count). The molecule has 0 saturated carbocycles. The van der Waals surface area contributed by atoms with E-state index < -0.39 is 21.1 Å². The summed E-state index contributed by atoms with van der Waals surface area (Å²) < 4.78 is 32.8. The van der Waals surface area contributed by atoms with Crippen molar-refractivity contribution in [2.45, 2.75) is 24.8 Å². The van der Waals surface area contributed by atoms with Crippen LogP contribution in [0.2, 0.25) is 5.02 Å². The standard InChI is InChI=1S/C12H14Cl2O5S/c1-7(6-18-3)19-12(15)9-4-10(13)8(2)11(5-9)20(14,16)17/h4-5,7H,6H2,1-3H3. The van der Waals surface area contributed by atoms with Gasteiger partial charge in [0.15, 0.2) is 0 Å². The van der Waals surface area contributed by atoms with Crippen LogP contribution in [0.15, 0.2) is 17.0 Å². The minimum atomic E-state index is -4.00. The fraction of sp³-hybridized carbons (Fsp3) is 0.417. The Morgan fingerprint density at radius 3 is 2.50 bits per heavy atom. The van der Waals surface area contributed by atoms with E-state index in [0.29, 0.717) is 0 Å². The van der Waals surface area contributed by atoms with Crippen LogP contribution in [-0.2, 0) is 18.5 Å². The molecule has 112 valence electrons. The van der Waals surface area contributed by atoms with E-state index in [9.17, 15) is 13.2 Å². The van der Waals surface area contributed by atoms with Gasteiger partial charge in [0, 0.05) is 22.8 Å². The maximum Gasteiger partial charge on any atom is 0.338 e. The summed E-state index contributed by atoms with van der Waals surface area (Å²) in [6.07, 6.45) is -0.469. The first-order valence-corrected chi connectivity index (χ1v) is 8.30. The normalized spacial score (nSPS) is 13.1. The molecule has 1 unspecified atom stereocenters. The third-order valence-corrected chi connectivity index (χ3v) is 4.35. The fourth-order valence-electron chi connectivity index (χ4n) is 1.54. The highest BCUT2D eigenvalue weighted by atomic mass is 35.7. The van der Waals surface area contributed by atoms with Crippen molar-refractivity contribution < 1.29 is 22.7 Å². The summed E-state index contributed by atoms with van der Waals surface area (Å²) >= 11 is 5.91. The van der Waals surface area contributed by atoms with Gasteiger partial charge in [-0.25, -0.2) is 13.2 Å². The summed E-state index contributed by atoms with van der Waals surface area (Å²) in [5, 5.41) is 0.123. The quantitative estimate of drug-likeness (QED) is 0.608. The molecule has 5 nitrogen and oxygen atoms in total. The molecule has 1 atom stereocenters. The van der Waals surface area contributed by atoms with Crippen LogP contribution in [0.5, 0.6) is 0 Å². The van der Waals surface area contributed by atoms with Gasteiger partial charge in [0.2, 0.25) is 0 Å². The molecular weight excluding hydrogens is 327 g/mol. The Labute approximate surface area is 127 Å². The molecule has 0 bridgehead atoms. The topological polar surface area (TPSA) is 69.7 Å². The van der Waals surface area contributed by atoms with Crippen molar-refractivity contribution in [3.8, 4) is 0 Å². The van der Waals surface area contributed by atoms with E-state index in [1.807, 2.05) is 0 Å². The predicted octanol–water partition coefficient (Wildman–Crippen LogP) is 2.77. The zero-order valence-electron chi connectivity index (χ0n) is 11.1. The number of hydrogen-bond donors (Lipinski definition) is 0. The van der Waals surface area contributed by atoms with Crippen LogP contribution in [0.4, 0.5) is 0 Å². The van der Waals surface area contributed by atoms with Gasteiger partial charge in [-0.3, -0.25) is 0 Å². The Kier molecular flexibility index (Phi) is 5.82. The molecule has 0 radical (unpaired) electrons. The Bertz CT molecular complexity index is 613. The molecular formula is C12H14Cl2O5S. The second-order valence-electron chi connectivity index (χ2n) is 4.19. The first-order valence-electron chi connectivity index (χ1n) is 5.61. The Morgan fingerprint density at radius 1 is 1.40 bits per heavy atom. The highest BCUT2D eigenvalue weighted by Gasteiger charge is 2.21. The Balaban J connectivity index is 3.15. The number of halogens is 2. The van der Waals surface area contributed by atoms with Crippen LogP contribution < -0.4 is 0 Å². The second-order valence-corrected chi connectivity index (χ2v) is 7.13. The number of ether oxygens (including phenoxy) is 2. The molecule has 1 aromatic carbocycles. The van der Waals surface area contributed by atoms with Crippen LogP contribution in [0.3, 0.4) is 0 Å². The first-order chi connectivity index (χ1) is 9.16. The Morgan fingerprint density at radius 2 is 2.00 bits per heavy atom. The van der Waals surface area contributed by atoms with Gasteiger partial charge >= 0.3 is 5.97 Å². The van der Waals surface area contributed by atoms with Crippen molar-refractivity contribution in [1.29, 1.82) is 0 Å². The van der Waals surface area contributed by atoms with Crippen molar-refractivity contribution in [2.75, 3.05) is 13.7 Å². The molecule has 1 aromatic rings. The number of benzene rings is 1. The summed E-state index contributed by atoms with van der Waals surface area (Å²) in [5.41, 5.74) is 0.297. The number of carbonyl (C=O) groups excluding carboxylic acids is 1. The van der Waals surface area contributed by atoms with Gasteiger partial charge in [-0.15, -0.1) is 0 Å². The van der Waals surface area contributed by atoms with Gasteiger partial charge in [-0.1, -0.05) is 11.6 Å². The second kappa shape index (κ2) is 6.76. The molecule has 0 aliphatic carbocycles. The number of rotatable bonds is 5. The number of methoxy groups -OCH3 is 1. The van der Waals surface area contributed by atoms with Crippen LogP contribution >= 0.6 is 22.3 Å². The molecule has 0 N–H and O–H groups in total. The molecule has 20 heavy (non-hydrogen) atoms. The first kappa shape index (κ1) is 17.2. The average molecular weight is 341 g/mol. The predicted molar refractivity (Wildman–Crippen MR) is 76.0 cm³/mol. The molecule has 0 amide bonds. The molecule has 8 heteroatoms. The van der Waals surface area contributed by atoms with Crippen molar-refractivity contribution >= 4 is 37.3 Å². The van der Waals surface area contributed by atoms with E-state index in [2.05, 4.69) is 0 Å². The van der Waals surface area contributed by atoms with E-state index in [-0.39, 0.29) is 27.7 Å². The number of hydrogen-bond acceptors (Lipinski definition) is 5. The van der Waals surface area contributed by atoms with Gasteiger partial charge < -0.3 is 9.47 Å². The molecule has 0 aromatic heterocycles. The summed E-state index contributed by atoms with van der Waals surface area (Å²) in [6.45, 7) is 3.38. The minimum Gasteiger partial charge on any atom is -0.457 e. The summed E-state index contributed by atoms with van der Waals surface area (Å²) in [7, 11) is 2.79. The average Bonchev–Trinajstić information content (AvgIpc) is 2.30. The number of carbonyl (C=O) groups is 1. The SMILES string of the molecule is COCC(C)OC(=O)c1cc(Cl)c(C)c(S(=O)(=O)Cl)c1. The summed E-state index contributed by atoms with van der Waals surface area (Å²) in [5.74, 6) is -0.696. The monoisotopic (exact) mass is 340 g/mol. The third kappa shape index (κ3) is 4.34. The van der Waals surface area contributed by atoms with Crippen molar-refractivity contribution in [1.82, 2.24) is 0 Å². The van der Waals surface area contributed by atoms with Gasteiger partial charge in [0.25, 0.3) is 9.05 Å². The molecule has 0 fully saturated rings. The molecule has 0 aliphatic rings. The smallest absolute Gasteiger partial charge is 0.338 e. The number of esters is 1. The molecule has 0 spiro atoms. The lowest BCUT2D eigenvalue weighted by molar-refractivity contribution is 0.0120. The zero-order valence-corrected chi connectivity index (χ0v) is 13.5. The van der Waals surface area contributed by atoms with E-state index in [0.717, 1.165) is 6.07 Å². The maximum absolute atomic E-state index is 11.9. The van der Waals surface area contributed by atoms with Crippen molar-refractivity contribution in [2.24, 2.45) is 0 Å². The van der Waals surface area contributed by atoms with E-state index in [1.165, 1.54) is 20.1 Å². The lowest BCUT2D eigenvalue weighted by Gasteiger charge is -2.13. The lowest BCUT2D eigenvalue weighted by Crippen LogP contribution is -2.20. The van der Waals surface area contributed by atoms with Gasteiger partial charge in [-0.05, 0) is 31.5 Å². The van der Waals surface area contributed by atoms with Gasteiger partial charge in [0.05, 0.1) is 17.1 Å². The van der Waals surface area contributed by atoms with Crippen molar-refractivity contribution in [3.63, 3.8) is 0 Å². The van der Waals surface area contributed by atoms with Gasteiger partial charge in [0.1, 0.15) is 6.10 Å². The summed E-state index contributed by atoms with van der Waals surface area (Å²) in [4.78, 5) is 11.7. The maximum atomic E-state index is 11.9. The third-order valence-electron chi connectivity index (χ3n) is 2.50. The molecule has 0 saturated heterocycles. The highest BCUT2D eigenvalue weighted by Crippen LogP contribution is 2.28. The van der Waals surface area contributed by atoms with E-state index in [1.54, 1.807) is 6.92 Å². The van der Waals surface area contributed by atoms with Crippen molar-refractivity contribution in [3.05, 3.63) is 28.3 Å². The van der Waals surface area contributed by atoms with Crippen LogP contribution in [-0.4, -0.2) is 34.2 Å². The zero-order chi connectivity index (χ0) is 15.5. The van der Waals surface area contributed by atoms with E-state index in [4.69, 9.17) is 31.8 Å². The highest BCUT2D eigenvalue weighted by molar-refractivity contribution is 8.13. The molecule has 0 heterocycles. The molecule has 0 aliphatic heterocycles. The fourth-order valence-corrected chi connectivity index (χ4v) is 3.04. The lowest BCUT2D eigenvalue weighted by atomic mass is 10.1. The largest absolute Gasteiger partial charge is 0.457 e. The van der Waals surface area contributed by atoms with Gasteiger partial charge in [-0.2, -0.15) is 0 Å². The van der Waals surface area contributed by atoms with Crippen LogP contribution in [0.25, 0.3) is 0 Å². The minimum absolute atomic E-state index is 0.0165. The van der Waals surface area contributed by atoms with E-state index >= 15 is 0 Å².